The molecule has 1 aromatic carbocycles. The van der Waals surface area contributed by atoms with Crippen LogP contribution in [0.4, 0.5) is 16.2 Å². The number of carbonyl (C=O) groups excluding carboxylic acids is 1. The highest BCUT2D eigenvalue weighted by molar-refractivity contribution is 5.91. The topological polar surface area (TPSA) is 55.8 Å². The van der Waals surface area contributed by atoms with Crippen LogP contribution in [-0.4, -0.2) is 49.8 Å². The van der Waals surface area contributed by atoms with Crippen molar-refractivity contribution in [2.24, 2.45) is 5.92 Å². The predicted octanol–water partition coefficient (Wildman–Crippen LogP) is 3.38. The SMILES string of the molecule is Cc1cc(N(C)C)cc(C)c1NC(=O)N(C)CC1CCCCC1O. The zero-order valence-electron chi connectivity index (χ0n) is 15.6. The zero-order valence-corrected chi connectivity index (χ0v) is 15.6. The summed E-state index contributed by atoms with van der Waals surface area (Å²) in [4.78, 5) is 16.3. The van der Waals surface area contributed by atoms with E-state index in [1.807, 2.05) is 27.9 Å². The smallest absolute Gasteiger partial charge is 0.321 e. The monoisotopic (exact) mass is 333 g/mol. The fourth-order valence-corrected chi connectivity index (χ4v) is 3.43. The Balaban J connectivity index is 2.03. The molecule has 5 nitrogen and oxygen atoms in total. The highest BCUT2D eigenvalue weighted by Crippen LogP contribution is 2.27. The zero-order chi connectivity index (χ0) is 17.9. The fourth-order valence-electron chi connectivity index (χ4n) is 3.43. The van der Waals surface area contributed by atoms with Crippen LogP contribution in [0, 0.1) is 19.8 Å². The number of aliphatic hydroxyl groups is 1. The Morgan fingerprint density at radius 2 is 1.75 bits per heavy atom. The molecule has 2 atom stereocenters. The summed E-state index contributed by atoms with van der Waals surface area (Å²) in [6.45, 7) is 4.63. The third-order valence-corrected chi connectivity index (χ3v) is 4.99. The molecule has 0 saturated heterocycles. The minimum absolute atomic E-state index is 0.114. The van der Waals surface area contributed by atoms with Crippen molar-refractivity contribution >= 4 is 17.4 Å². The molecule has 24 heavy (non-hydrogen) atoms. The lowest BCUT2D eigenvalue weighted by atomic mass is 9.86. The molecule has 2 amide bonds. The molecule has 0 spiro atoms. The number of benzene rings is 1. The summed E-state index contributed by atoms with van der Waals surface area (Å²) < 4.78 is 0. The van der Waals surface area contributed by atoms with Crippen LogP contribution in [0.1, 0.15) is 36.8 Å². The maximum absolute atomic E-state index is 12.5. The predicted molar refractivity (Wildman–Crippen MR) is 99.9 cm³/mol. The number of hydrogen-bond acceptors (Lipinski definition) is 3. The van der Waals surface area contributed by atoms with E-state index in [2.05, 4.69) is 22.3 Å². The number of amides is 2. The number of nitrogens with zero attached hydrogens (tertiary/aromatic N) is 2. The largest absolute Gasteiger partial charge is 0.393 e. The van der Waals surface area contributed by atoms with E-state index in [-0.39, 0.29) is 18.1 Å². The van der Waals surface area contributed by atoms with Crippen molar-refractivity contribution in [2.45, 2.75) is 45.6 Å². The summed E-state index contributed by atoms with van der Waals surface area (Å²) in [5.74, 6) is 0.188. The van der Waals surface area contributed by atoms with Gasteiger partial charge in [0.25, 0.3) is 0 Å². The number of urea groups is 1. The molecular formula is C19H31N3O2. The van der Waals surface area contributed by atoms with E-state index < -0.39 is 0 Å². The summed E-state index contributed by atoms with van der Waals surface area (Å²) in [6, 6.07) is 4.04. The van der Waals surface area contributed by atoms with Crippen LogP contribution < -0.4 is 10.2 Å². The lowest BCUT2D eigenvalue weighted by Gasteiger charge is -2.31. The molecule has 0 aliphatic heterocycles. The highest BCUT2D eigenvalue weighted by Gasteiger charge is 2.25. The van der Waals surface area contributed by atoms with Gasteiger partial charge in [0.2, 0.25) is 0 Å². The van der Waals surface area contributed by atoms with Crippen LogP contribution in [0.2, 0.25) is 0 Å². The number of aryl methyl sites for hydroxylation is 2. The van der Waals surface area contributed by atoms with Crippen molar-refractivity contribution in [3.8, 4) is 0 Å². The van der Waals surface area contributed by atoms with Crippen molar-refractivity contribution in [3.05, 3.63) is 23.3 Å². The van der Waals surface area contributed by atoms with Gasteiger partial charge in [-0.3, -0.25) is 0 Å². The lowest BCUT2D eigenvalue weighted by molar-refractivity contribution is 0.0575. The first kappa shape index (κ1) is 18.6. The first-order valence-electron chi connectivity index (χ1n) is 8.78. The van der Waals surface area contributed by atoms with Gasteiger partial charge in [-0.1, -0.05) is 12.8 Å². The molecule has 1 aliphatic carbocycles. The maximum Gasteiger partial charge on any atom is 0.321 e. The van der Waals surface area contributed by atoms with Gasteiger partial charge in [-0.15, -0.1) is 0 Å². The molecule has 1 aromatic rings. The fraction of sp³-hybridized carbons (Fsp3) is 0.632. The van der Waals surface area contributed by atoms with Crippen LogP contribution in [-0.2, 0) is 0 Å². The number of aliphatic hydroxyl groups excluding tert-OH is 1. The van der Waals surface area contributed by atoms with Gasteiger partial charge in [0.1, 0.15) is 0 Å². The average Bonchev–Trinajstić information content (AvgIpc) is 2.52. The Hall–Kier alpha value is -1.75. The van der Waals surface area contributed by atoms with Crippen LogP contribution in [0.3, 0.4) is 0 Å². The summed E-state index contributed by atoms with van der Waals surface area (Å²) in [7, 11) is 5.82. The second kappa shape index (κ2) is 7.88. The molecule has 2 rings (SSSR count). The van der Waals surface area contributed by atoms with E-state index in [4.69, 9.17) is 0 Å². The molecule has 5 heteroatoms. The quantitative estimate of drug-likeness (QED) is 0.888. The van der Waals surface area contributed by atoms with Crippen LogP contribution in [0.25, 0.3) is 0 Å². The Morgan fingerprint density at radius 1 is 1.17 bits per heavy atom. The standard InChI is InChI=1S/C19H31N3O2/c1-13-10-16(21(3)4)11-14(2)18(13)20-19(24)22(5)12-15-8-6-7-9-17(15)23/h10-11,15,17,23H,6-9,12H2,1-5H3,(H,20,24). The van der Waals surface area contributed by atoms with Gasteiger partial charge in [-0.25, -0.2) is 4.79 Å². The molecule has 0 bridgehead atoms. The Bertz CT molecular complexity index is 563. The second-order valence-electron chi connectivity index (χ2n) is 7.27. The maximum atomic E-state index is 12.5. The first-order valence-corrected chi connectivity index (χ1v) is 8.78. The van der Waals surface area contributed by atoms with Crippen molar-refractivity contribution in [1.29, 1.82) is 0 Å². The molecule has 0 heterocycles. The van der Waals surface area contributed by atoms with Gasteiger partial charge in [0, 0.05) is 45.0 Å². The van der Waals surface area contributed by atoms with Gasteiger partial charge in [0.05, 0.1) is 6.10 Å². The van der Waals surface area contributed by atoms with Crippen LogP contribution in [0.15, 0.2) is 12.1 Å². The Kier molecular flexibility index (Phi) is 6.10. The van der Waals surface area contributed by atoms with E-state index in [0.717, 1.165) is 48.2 Å². The van der Waals surface area contributed by atoms with Gasteiger partial charge in [0.15, 0.2) is 0 Å². The summed E-state index contributed by atoms with van der Waals surface area (Å²) in [6.07, 6.45) is 3.79. The summed E-state index contributed by atoms with van der Waals surface area (Å²) >= 11 is 0. The molecule has 0 aromatic heterocycles. The van der Waals surface area contributed by atoms with Crippen molar-refractivity contribution < 1.29 is 9.90 Å². The number of rotatable bonds is 4. The minimum Gasteiger partial charge on any atom is -0.393 e. The summed E-state index contributed by atoms with van der Waals surface area (Å²) in [5, 5.41) is 13.1. The highest BCUT2D eigenvalue weighted by atomic mass is 16.3. The van der Waals surface area contributed by atoms with Crippen molar-refractivity contribution in [1.82, 2.24) is 4.90 Å². The first-order chi connectivity index (χ1) is 11.3. The van der Waals surface area contributed by atoms with Gasteiger partial charge in [-0.2, -0.15) is 0 Å². The molecule has 2 unspecified atom stereocenters. The third kappa shape index (κ3) is 4.41. The van der Waals surface area contributed by atoms with E-state index in [1.54, 1.807) is 11.9 Å². The lowest BCUT2D eigenvalue weighted by Crippen LogP contribution is -2.40. The second-order valence-corrected chi connectivity index (χ2v) is 7.27. The van der Waals surface area contributed by atoms with E-state index in [9.17, 15) is 9.90 Å². The molecule has 1 aliphatic rings. The molecule has 1 saturated carbocycles. The number of hydrogen-bond donors (Lipinski definition) is 2. The molecule has 0 radical (unpaired) electrons. The number of anilines is 2. The van der Waals surface area contributed by atoms with E-state index in [0.29, 0.717) is 6.54 Å². The van der Waals surface area contributed by atoms with Crippen molar-refractivity contribution in [3.63, 3.8) is 0 Å². The number of carbonyl (C=O) groups is 1. The van der Waals surface area contributed by atoms with E-state index in [1.165, 1.54) is 0 Å². The van der Waals surface area contributed by atoms with Gasteiger partial charge >= 0.3 is 6.03 Å². The molecular weight excluding hydrogens is 302 g/mol. The minimum atomic E-state index is -0.281. The van der Waals surface area contributed by atoms with Gasteiger partial charge < -0.3 is 20.2 Å². The van der Waals surface area contributed by atoms with Crippen LogP contribution in [0.5, 0.6) is 0 Å². The molecule has 134 valence electrons. The van der Waals surface area contributed by atoms with E-state index >= 15 is 0 Å². The van der Waals surface area contributed by atoms with Crippen molar-refractivity contribution in [2.75, 3.05) is 37.9 Å². The van der Waals surface area contributed by atoms with Gasteiger partial charge in [-0.05, 0) is 49.9 Å². The third-order valence-electron chi connectivity index (χ3n) is 4.99. The Morgan fingerprint density at radius 3 is 2.29 bits per heavy atom. The normalized spacial score (nSPS) is 20.6. The average molecular weight is 333 g/mol. The molecule has 2 N–H and O–H groups in total. The summed E-state index contributed by atoms with van der Waals surface area (Å²) in [5.41, 5.74) is 4.11. The molecule has 1 fully saturated rings. The number of nitrogens with one attached hydrogen (secondary N) is 1. The Labute approximate surface area is 145 Å². The van der Waals surface area contributed by atoms with Crippen LogP contribution >= 0.6 is 0 Å².